The van der Waals surface area contributed by atoms with Crippen molar-refractivity contribution >= 4 is 45.3 Å². The molecule has 6 rings (SSSR count). The lowest BCUT2D eigenvalue weighted by molar-refractivity contribution is 0.480. The number of para-hydroxylation sites is 1. The molecule has 1 aliphatic heterocycles. The number of benzene rings is 2. The summed E-state index contributed by atoms with van der Waals surface area (Å²) in [5.41, 5.74) is 9.21. The molecule has 1 atom stereocenters. The van der Waals surface area contributed by atoms with E-state index in [1.807, 2.05) is 30.3 Å². The summed E-state index contributed by atoms with van der Waals surface area (Å²) in [6.45, 7) is 0. The molecule has 1 aliphatic rings. The monoisotopic (exact) mass is 568 g/mol. The summed E-state index contributed by atoms with van der Waals surface area (Å²) in [7, 11) is 0. The molecule has 0 radical (unpaired) electrons. The molecular formula is C29H20ClF2N9. The highest BCUT2D eigenvalue weighted by Gasteiger charge is 2.24. The molecule has 12 heteroatoms. The van der Waals surface area contributed by atoms with Crippen molar-refractivity contribution in [1.82, 2.24) is 25.9 Å². The van der Waals surface area contributed by atoms with E-state index in [0.717, 1.165) is 18.0 Å². The number of halogens is 3. The number of fused-ring (bicyclic) bond motifs is 1. The second kappa shape index (κ2) is 11.1. The highest BCUT2D eigenvalue weighted by atomic mass is 35.5. The van der Waals surface area contributed by atoms with Crippen LogP contribution in [0, 0.1) is 23.1 Å². The third-order valence-electron chi connectivity index (χ3n) is 6.20. The quantitative estimate of drug-likeness (QED) is 0.173. The van der Waals surface area contributed by atoms with Gasteiger partial charge in [0.2, 0.25) is 5.95 Å². The number of pyridine rings is 3. The number of anilines is 4. The fourth-order valence-corrected chi connectivity index (χ4v) is 4.57. The lowest BCUT2D eigenvalue weighted by Gasteiger charge is -2.22. The predicted octanol–water partition coefficient (Wildman–Crippen LogP) is 6.10. The third-order valence-corrected chi connectivity index (χ3v) is 6.49. The molecule has 0 saturated carbocycles. The number of rotatable bonds is 7. The minimum absolute atomic E-state index is 0.116. The Morgan fingerprint density at radius 3 is 2.63 bits per heavy atom. The van der Waals surface area contributed by atoms with Crippen molar-refractivity contribution in [3.8, 4) is 6.07 Å². The first-order valence-corrected chi connectivity index (χ1v) is 12.6. The minimum atomic E-state index is -1.60. The van der Waals surface area contributed by atoms with E-state index in [2.05, 4.69) is 42.6 Å². The van der Waals surface area contributed by atoms with E-state index in [1.54, 1.807) is 47.9 Å². The van der Waals surface area contributed by atoms with Crippen LogP contribution in [0.5, 0.6) is 0 Å². The molecule has 5 aromatic rings. The van der Waals surface area contributed by atoms with E-state index in [9.17, 15) is 15.4 Å². The van der Waals surface area contributed by atoms with Gasteiger partial charge in [-0.15, -0.1) is 5.53 Å². The van der Waals surface area contributed by atoms with E-state index in [0.29, 0.717) is 27.9 Å². The lowest BCUT2D eigenvalue weighted by Crippen LogP contribution is -2.37. The van der Waals surface area contributed by atoms with Crippen LogP contribution < -0.4 is 26.6 Å². The molecular weight excluding hydrogens is 548 g/mol. The van der Waals surface area contributed by atoms with Gasteiger partial charge in [0.15, 0.2) is 5.82 Å². The number of nitrogens with zero attached hydrogens (tertiary/aromatic N) is 5. The molecule has 0 bridgehead atoms. The summed E-state index contributed by atoms with van der Waals surface area (Å²) in [6.07, 6.45) is 7.38. The predicted molar refractivity (Wildman–Crippen MR) is 153 cm³/mol. The molecule has 2 aromatic carbocycles. The second-order valence-electron chi connectivity index (χ2n) is 8.86. The van der Waals surface area contributed by atoms with Gasteiger partial charge in [-0.2, -0.15) is 9.65 Å². The second-order valence-corrected chi connectivity index (χ2v) is 9.27. The molecule has 3 aromatic heterocycles. The van der Waals surface area contributed by atoms with Crippen molar-refractivity contribution in [1.29, 1.82) is 5.26 Å². The number of nitrogens with one attached hydrogen (secondary N) is 4. The summed E-state index contributed by atoms with van der Waals surface area (Å²) >= 11 is 6.66. The maximum absolute atomic E-state index is 13.9. The highest BCUT2D eigenvalue weighted by molar-refractivity contribution is 6.36. The van der Waals surface area contributed by atoms with Crippen LogP contribution in [0.4, 0.5) is 31.5 Å². The van der Waals surface area contributed by atoms with Crippen molar-refractivity contribution in [2.45, 2.75) is 6.02 Å². The van der Waals surface area contributed by atoms with Crippen LogP contribution in [-0.2, 0) is 0 Å². The Morgan fingerprint density at radius 2 is 1.88 bits per heavy atom. The molecule has 4 heterocycles. The van der Waals surface area contributed by atoms with Crippen LogP contribution in [0.15, 0.2) is 97.3 Å². The molecule has 0 saturated heterocycles. The van der Waals surface area contributed by atoms with Gasteiger partial charge < -0.3 is 16.1 Å². The number of hydrazine groups is 2. The average molecular weight is 569 g/mol. The number of aromatic nitrogens is 3. The Kier molecular flexibility index (Phi) is 6.66. The summed E-state index contributed by atoms with van der Waals surface area (Å²) in [4.78, 5) is 11.9. The normalized spacial score (nSPS) is 14.4. The summed E-state index contributed by atoms with van der Waals surface area (Å²) in [5, 5.41) is 18.4. The van der Waals surface area contributed by atoms with E-state index in [4.69, 9.17) is 11.6 Å². The Balaban J connectivity index is 1.45. The fraction of sp³-hybridized carbons (Fsp3) is 0.0345. The molecule has 9 nitrogen and oxygen atoms in total. The van der Waals surface area contributed by atoms with Crippen LogP contribution in [0.2, 0.25) is 5.02 Å². The van der Waals surface area contributed by atoms with Crippen molar-refractivity contribution in [3.63, 3.8) is 0 Å². The number of nitriles is 1. The highest BCUT2D eigenvalue weighted by Crippen LogP contribution is 2.37. The Bertz CT molecular complexity index is 1870. The molecule has 41 heavy (non-hydrogen) atoms. The van der Waals surface area contributed by atoms with Gasteiger partial charge in [-0.05, 0) is 35.9 Å². The summed E-state index contributed by atoms with van der Waals surface area (Å²) in [5.74, 6) is -2.39. The maximum atomic E-state index is 13.9. The zero-order valence-corrected chi connectivity index (χ0v) is 21.8. The Labute approximate surface area is 239 Å². The molecule has 0 unspecified atom stereocenters. The van der Waals surface area contributed by atoms with Gasteiger partial charge in [-0.3, -0.25) is 15.0 Å². The minimum Gasteiger partial charge on any atom is -0.373 e. The lowest BCUT2D eigenvalue weighted by atomic mass is 10.0. The first-order chi connectivity index (χ1) is 20.4. The third kappa shape index (κ3) is 5.29. The first-order valence-electron chi connectivity index (χ1n) is 12.7. The largest absolute Gasteiger partial charge is 0.373 e. The van der Waals surface area contributed by atoms with Crippen LogP contribution >= 0.6 is 11.6 Å². The molecule has 202 valence electrons. The van der Waals surface area contributed by atoms with Gasteiger partial charge in [0.05, 0.1) is 52.4 Å². The van der Waals surface area contributed by atoms with Gasteiger partial charge in [0.1, 0.15) is 6.07 Å². The molecule has 0 spiro atoms. The van der Waals surface area contributed by atoms with Crippen LogP contribution in [0.1, 0.15) is 18.5 Å². The van der Waals surface area contributed by atoms with Crippen molar-refractivity contribution in [2.75, 3.05) is 15.6 Å². The molecule has 0 amide bonds. The molecule has 0 aliphatic carbocycles. The van der Waals surface area contributed by atoms with E-state index in [1.165, 1.54) is 6.20 Å². The topological polar surface area (TPSA) is 114 Å². The zero-order chi connectivity index (χ0) is 29.3. The van der Waals surface area contributed by atoms with Crippen LogP contribution in [0.25, 0.3) is 10.9 Å². The van der Waals surface area contributed by atoms with Crippen molar-refractivity contribution in [3.05, 3.63) is 125 Å². The Morgan fingerprint density at radius 1 is 1.02 bits per heavy atom. The van der Waals surface area contributed by atoms with Crippen LogP contribution in [0.3, 0.4) is 0 Å². The number of hydrogen-bond acceptors (Lipinski definition) is 9. The zero-order valence-electron chi connectivity index (χ0n) is 22.0. The van der Waals surface area contributed by atoms with Gasteiger partial charge in [-0.1, -0.05) is 35.9 Å². The van der Waals surface area contributed by atoms with Gasteiger partial charge in [0, 0.05) is 41.9 Å². The molecule has 0 fully saturated rings. The standard InChI is InChI=1S/C29H20ClF2N9/c30-23-10-19(9-22-26(18(12-33)14-35-28(22)23)38-20-11-24(31)29(32)36-15-20)37-27(17-5-4-8-34-13-17)25-16-41(40-39-25)21-6-2-1-3-7-21/h1-11,13-16,27,37,39-40H,(H,35,38)/t27-/m1/s1/i27D. The van der Waals surface area contributed by atoms with Gasteiger partial charge in [0.25, 0.3) is 0 Å². The molecule has 4 N–H and O–H groups in total. The smallest absolute Gasteiger partial charge is 0.249 e. The average Bonchev–Trinajstić information content (AvgIpc) is 3.52. The van der Waals surface area contributed by atoms with E-state index >= 15 is 0 Å². The summed E-state index contributed by atoms with van der Waals surface area (Å²) < 4.78 is 37.0. The first kappa shape index (κ1) is 24.7. The van der Waals surface area contributed by atoms with Crippen molar-refractivity contribution in [2.24, 2.45) is 0 Å². The fourth-order valence-electron chi connectivity index (χ4n) is 4.30. The van der Waals surface area contributed by atoms with Gasteiger partial charge >= 0.3 is 0 Å². The number of hydrogen-bond donors (Lipinski definition) is 4. The van der Waals surface area contributed by atoms with Crippen molar-refractivity contribution < 1.29 is 10.2 Å². The van der Waals surface area contributed by atoms with Gasteiger partial charge in [-0.25, -0.2) is 9.37 Å². The van der Waals surface area contributed by atoms with Crippen LogP contribution in [-0.4, -0.2) is 15.0 Å². The maximum Gasteiger partial charge on any atom is 0.249 e. The summed E-state index contributed by atoms with van der Waals surface area (Å²) in [6, 6.07) is 17.7. The van der Waals surface area contributed by atoms with E-state index in [-0.39, 0.29) is 22.0 Å². The SMILES string of the molecule is [2H][C@](Nc1cc(Cl)c2ncc(C#N)c(Nc3cnc(F)c(F)c3)c2c1)(C1=CN(c2ccccc2)NN1)c1cccnc1. The van der Waals surface area contributed by atoms with E-state index < -0.39 is 17.8 Å². The Hall–Kier alpha value is -5.31.